The lowest BCUT2D eigenvalue weighted by Gasteiger charge is -2.15. The molecular formula is C15H24N2O3S. The highest BCUT2D eigenvalue weighted by atomic mass is 32.2. The summed E-state index contributed by atoms with van der Waals surface area (Å²) in [5.74, 6) is 0.804. The Labute approximate surface area is 126 Å². The third-order valence-electron chi connectivity index (χ3n) is 3.65. The van der Waals surface area contributed by atoms with Gasteiger partial charge in [0.25, 0.3) is 0 Å². The van der Waals surface area contributed by atoms with Crippen molar-refractivity contribution in [3.8, 4) is 0 Å². The standard InChI is InChI=1S/C15H24N2O3S/c1-12(17-8-3-9-20-11-13-6-7-13)14-4-2-5-15(10-14)21(16,18)19/h2,4-5,10,12-13,17H,3,6-9,11H2,1H3,(H2,16,18,19). The fraction of sp³-hybridized carbons (Fsp3) is 0.600. The van der Waals surface area contributed by atoms with Crippen molar-refractivity contribution in [2.24, 2.45) is 11.1 Å². The van der Waals surface area contributed by atoms with E-state index in [0.717, 1.165) is 37.7 Å². The lowest BCUT2D eigenvalue weighted by Crippen LogP contribution is -2.21. The van der Waals surface area contributed by atoms with E-state index in [0.29, 0.717) is 0 Å². The van der Waals surface area contributed by atoms with E-state index in [1.165, 1.54) is 18.9 Å². The van der Waals surface area contributed by atoms with Crippen LogP contribution in [0.4, 0.5) is 0 Å². The summed E-state index contributed by atoms with van der Waals surface area (Å²) in [6, 6.07) is 6.82. The molecule has 0 aromatic heterocycles. The molecule has 0 bridgehead atoms. The molecule has 6 heteroatoms. The molecule has 5 nitrogen and oxygen atoms in total. The van der Waals surface area contributed by atoms with E-state index in [2.05, 4.69) is 5.32 Å². The second-order valence-electron chi connectivity index (χ2n) is 5.67. The smallest absolute Gasteiger partial charge is 0.238 e. The predicted octanol–water partition coefficient (Wildman–Crippen LogP) is 1.80. The Morgan fingerprint density at radius 1 is 1.43 bits per heavy atom. The van der Waals surface area contributed by atoms with Gasteiger partial charge in [0.05, 0.1) is 4.90 Å². The molecule has 0 aliphatic heterocycles. The van der Waals surface area contributed by atoms with Crippen LogP contribution in [0.2, 0.25) is 0 Å². The molecule has 1 fully saturated rings. The summed E-state index contributed by atoms with van der Waals surface area (Å²) in [6.45, 7) is 4.51. The first-order chi connectivity index (χ1) is 9.97. The van der Waals surface area contributed by atoms with Crippen molar-refractivity contribution in [1.82, 2.24) is 5.32 Å². The van der Waals surface area contributed by atoms with Gasteiger partial charge in [0.15, 0.2) is 0 Å². The lowest BCUT2D eigenvalue weighted by molar-refractivity contribution is 0.121. The minimum atomic E-state index is -3.64. The molecule has 1 atom stereocenters. The summed E-state index contributed by atoms with van der Waals surface area (Å²) in [5.41, 5.74) is 0.917. The van der Waals surface area contributed by atoms with E-state index in [1.54, 1.807) is 12.1 Å². The highest BCUT2D eigenvalue weighted by Gasteiger charge is 2.20. The van der Waals surface area contributed by atoms with Gasteiger partial charge in [-0.25, -0.2) is 13.6 Å². The Morgan fingerprint density at radius 3 is 2.86 bits per heavy atom. The van der Waals surface area contributed by atoms with Gasteiger partial charge in [0.2, 0.25) is 10.0 Å². The van der Waals surface area contributed by atoms with Crippen molar-refractivity contribution in [3.63, 3.8) is 0 Å². The molecule has 118 valence electrons. The van der Waals surface area contributed by atoms with Crippen LogP contribution in [-0.2, 0) is 14.8 Å². The third kappa shape index (κ3) is 5.74. The van der Waals surface area contributed by atoms with E-state index < -0.39 is 10.0 Å². The van der Waals surface area contributed by atoms with Gasteiger partial charge in [-0.05, 0) is 56.3 Å². The van der Waals surface area contributed by atoms with Crippen LogP contribution in [0.5, 0.6) is 0 Å². The molecule has 1 unspecified atom stereocenters. The Kier molecular flexibility index (Phi) is 5.75. The van der Waals surface area contributed by atoms with Crippen molar-refractivity contribution in [3.05, 3.63) is 29.8 Å². The molecule has 1 saturated carbocycles. The molecule has 0 spiro atoms. The number of hydrogen-bond donors (Lipinski definition) is 2. The van der Waals surface area contributed by atoms with Gasteiger partial charge in [-0.15, -0.1) is 0 Å². The molecule has 1 aliphatic rings. The van der Waals surface area contributed by atoms with Crippen LogP contribution in [-0.4, -0.2) is 28.2 Å². The van der Waals surface area contributed by atoms with Crippen LogP contribution in [0, 0.1) is 5.92 Å². The first-order valence-electron chi connectivity index (χ1n) is 7.40. The van der Waals surface area contributed by atoms with Gasteiger partial charge >= 0.3 is 0 Å². The largest absolute Gasteiger partial charge is 0.381 e. The number of primary sulfonamides is 1. The molecule has 2 rings (SSSR count). The second kappa shape index (κ2) is 7.35. The third-order valence-corrected chi connectivity index (χ3v) is 4.56. The molecular weight excluding hydrogens is 288 g/mol. The fourth-order valence-electron chi connectivity index (χ4n) is 2.11. The fourth-order valence-corrected chi connectivity index (χ4v) is 2.67. The molecule has 0 heterocycles. The summed E-state index contributed by atoms with van der Waals surface area (Å²) in [5, 5.41) is 8.51. The lowest BCUT2D eigenvalue weighted by atomic mass is 10.1. The predicted molar refractivity (Wildman–Crippen MR) is 82.4 cm³/mol. The molecule has 0 amide bonds. The van der Waals surface area contributed by atoms with Gasteiger partial charge in [-0.1, -0.05) is 12.1 Å². The average Bonchev–Trinajstić information content (AvgIpc) is 3.26. The number of nitrogens with one attached hydrogen (secondary N) is 1. The Balaban J connectivity index is 1.73. The van der Waals surface area contributed by atoms with Gasteiger partial charge < -0.3 is 10.1 Å². The molecule has 21 heavy (non-hydrogen) atoms. The van der Waals surface area contributed by atoms with E-state index in [9.17, 15) is 8.42 Å². The maximum Gasteiger partial charge on any atom is 0.238 e. The monoisotopic (exact) mass is 312 g/mol. The average molecular weight is 312 g/mol. The van der Waals surface area contributed by atoms with Crippen molar-refractivity contribution in [2.45, 2.75) is 37.1 Å². The van der Waals surface area contributed by atoms with Crippen LogP contribution < -0.4 is 10.5 Å². The zero-order valence-electron chi connectivity index (χ0n) is 12.4. The summed E-state index contributed by atoms with van der Waals surface area (Å²) in [6.07, 6.45) is 3.58. The number of rotatable bonds is 9. The first-order valence-corrected chi connectivity index (χ1v) is 8.95. The zero-order valence-corrected chi connectivity index (χ0v) is 13.2. The quantitative estimate of drug-likeness (QED) is 0.681. The Morgan fingerprint density at radius 2 is 2.19 bits per heavy atom. The van der Waals surface area contributed by atoms with Gasteiger partial charge in [0.1, 0.15) is 0 Å². The first kappa shape index (κ1) is 16.4. The number of ether oxygens (including phenoxy) is 1. The van der Waals surface area contributed by atoms with Crippen LogP contribution >= 0.6 is 0 Å². The summed E-state index contributed by atoms with van der Waals surface area (Å²) in [4.78, 5) is 0.154. The molecule has 1 aromatic rings. The van der Waals surface area contributed by atoms with Crippen molar-refractivity contribution >= 4 is 10.0 Å². The molecule has 0 saturated heterocycles. The molecule has 1 aliphatic carbocycles. The minimum Gasteiger partial charge on any atom is -0.381 e. The SMILES string of the molecule is CC(NCCCOCC1CC1)c1cccc(S(N)(=O)=O)c1. The topological polar surface area (TPSA) is 81.4 Å². The number of sulfonamides is 1. The van der Waals surface area contributed by atoms with Crippen molar-refractivity contribution in [2.75, 3.05) is 19.8 Å². The summed E-state index contributed by atoms with van der Waals surface area (Å²) >= 11 is 0. The van der Waals surface area contributed by atoms with E-state index in [1.807, 2.05) is 13.0 Å². The van der Waals surface area contributed by atoms with E-state index in [4.69, 9.17) is 9.88 Å². The van der Waals surface area contributed by atoms with Crippen LogP contribution in [0.25, 0.3) is 0 Å². The Bertz CT molecular complexity index is 556. The van der Waals surface area contributed by atoms with Gasteiger partial charge in [-0.2, -0.15) is 0 Å². The molecule has 3 N–H and O–H groups in total. The second-order valence-corrected chi connectivity index (χ2v) is 7.23. The number of nitrogens with two attached hydrogens (primary N) is 1. The number of hydrogen-bond acceptors (Lipinski definition) is 4. The zero-order chi connectivity index (χ0) is 15.3. The van der Waals surface area contributed by atoms with E-state index >= 15 is 0 Å². The maximum absolute atomic E-state index is 11.3. The number of benzene rings is 1. The van der Waals surface area contributed by atoms with Crippen molar-refractivity contribution < 1.29 is 13.2 Å². The van der Waals surface area contributed by atoms with Crippen LogP contribution in [0.15, 0.2) is 29.2 Å². The highest BCUT2D eigenvalue weighted by Crippen LogP contribution is 2.28. The molecule has 0 radical (unpaired) electrons. The van der Waals surface area contributed by atoms with Gasteiger partial charge in [-0.3, -0.25) is 0 Å². The molecule has 1 aromatic carbocycles. The van der Waals surface area contributed by atoms with E-state index in [-0.39, 0.29) is 10.9 Å². The Hall–Kier alpha value is -0.950. The maximum atomic E-state index is 11.3. The normalized spacial score (nSPS) is 16.9. The van der Waals surface area contributed by atoms with Crippen LogP contribution in [0.1, 0.15) is 37.8 Å². The van der Waals surface area contributed by atoms with Gasteiger partial charge in [0, 0.05) is 19.3 Å². The van der Waals surface area contributed by atoms with Crippen molar-refractivity contribution in [1.29, 1.82) is 0 Å². The minimum absolute atomic E-state index is 0.0788. The summed E-state index contributed by atoms with van der Waals surface area (Å²) in [7, 11) is -3.64. The summed E-state index contributed by atoms with van der Waals surface area (Å²) < 4.78 is 28.3. The highest BCUT2D eigenvalue weighted by molar-refractivity contribution is 7.89. The van der Waals surface area contributed by atoms with Crippen LogP contribution in [0.3, 0.4) is 0 Å².